The molecule has 1 aromatic carbocycles. The quantitative estimate of drug-likeness (QED) is 0.624. The van der Waals surface area contributed by atoms with Crippen LogP contribution in [0, 0.1) is 0 Å². The molecule has 0 radical (unpaired) electrons. The van der Waals surface area contributed by atoms with E-state index in [-0.39, 0.29) is 0 Å². The fourth-order valence-electron chi connectivity index (χ4n) is 3.46. The van der Waals surface area contributed by atoms with Gasteiger partial charge >= 0.3 is 0 Å². The molecule has 3 rings (SSSR count). The molecule has 0 amide bonds. The number of hydrogen-bond donors (Lipinski definition) is 2. The van der Waals surface area contributed by atoms with Crippen LogP contribution in [0.2, 0.25) is 0 Å². The lowest BCUT2D eigenvalue weighted by atomic mass is 9.96. The van der Waals surface area contributed by atoms with Crippen LogP contribution >= 0.6 is 0 Å². The lowest BCUT2D eigenvalue weighted by Crippen LogP contribution is -2.47. The van der Waals surface area contributed by atoms with E-state index in [2.05, 4.69) is 29.7 Å². The zero-order chi connectivity index (χ0) is 16.1. The summed E-state index contributed by atoms with van der Waals surface area (Å²) in [6, 6.07) is 8.69. The van der Waals surface area contributed by atoms with Crippen molar-refractivity contribution >= 4 is 5.96 Å². The molecule has 2 aliphatic rings. The van der Waals surface area contributed by atoms with E-state index in [1.165, 1.54) is 24.0 Å². The molecule has 1 aromatic rings. The summed E-state index contributed by atoms with van der Waals surface area (Å²) in [5.74, 6) is 0.876. The molecule has 23 heavy (non-hydrogen) atoms. The van der Waals surface area contributed by atoms with Gasteiger partial charge in [0, 0.05) is 13.7 Å². The average molecular weight is 317 g/mol. The van der Waals surface area contributed by atoms with E-state index < -0.39 is 0 Å². The highest BCUT2D eigenvalue weighted by Crippen LogP contribution is 2.34. The zero-order valence-electron chi connectivity index (χ0n) is 14.0. The van der Waals surface area contributed by atoms with Crippen LogP contribution in [0.3, 0.4) is 0 Å². The average Bonchev–Trinajstić information content (AvgIpc) is 3.17. The first kappa shape index (κ1) is 16.3. The third kappa shape index (κ3) is 4.03. The topological polar surface area (TPSA) is 54.9 Å². The second kappa shape index (κ2) is 7.79. The lowest BCUT2D eigenvalue weighted by Gasteiger charge is -2.22. The molecule has 2 heterocycles. The molecule has 0 aromatic heterocycles. The van der Waals surface area contributed by atoms with Crippen molar-refractivity contribution in [3.63, 3.8) is 0 Å². The highest BCUT2D eigenvalue weighted by molar-refractivity contribution is 5.80. The number of aliphatic imine (C=N–C) groups is 1. The summed E-state index contributed by atoms with van der Waals surface area (Å²) in [6.45, 7) is 4.22. The van der Waals surface area contributed by atoms with Gasteiger partial charge in [-0.1, -0.05) is 24.3 Å². The summed E-state index contributed by atoms with van der Waals surface area (Å²) >= 11 is 0. The van der Waals surface area contributed by atoms with Gasteiger partial charge in [-0.3, -0.25) is 0 Å². The molecule has 2 N–H and O–H groups in total. The van der Waals surface area contributed by atoms with Gasteiger partial charge in [0.25, 0.3) is 0 Å². The van der Waals surface area contributed by atoms with E-state index in [0.29, 0.717) is 31.4 Å². The number of benzene rings is 1. The standard InChI is InChI=1S/C18H27N3O2/c1-3-19-18(21-16-10-15-8-9-17(16)23-15)20-11-13-6-4-5-7-14(13)12-22-2/h4-7,15-17H,3,8-12H2,1-2H3,(H2,19,20,21). The van der Waals surface area contributed by atoms with Crippen LogP contribution in [0.15, 0.2) is 29.3 Å². The molecule has 2 aliphatic heterocycles. The fraction of sp³-hybridized carbons (Fsp3) is 0.611. The van der Waals surface area contributed by atoms with Crippen LogP contribution in [0.4, 0.5) is 0 Å². The highest BCUT2D eigenvalue weighted by atomic mass is 16.5. The second-order valence-electron chi connectivity index (χ2n) is 6.26. The van der Waals surface area contributed by atoms with Gasteiger partial charge in [-0.05, 0) is 37.3 Å². The van der Waals surface area contributed by atoms with Crippen LogP contribution in [-0.2, 0) is 22.6 Å². The van der Waals surface area contributed by atoms with Crippen LogP contribution in [-0.4, -0.2) is 37.9 Å². The number of guanidine groups is 1. The molecule has 2 saturated heterocycles. The molecule has 2 fully saturated rings. The molecule has 5 heteroatoms. The van der Waals surface area contributed by atoms with Crippen LogP contribution < -0.4 is 10.6 Å². The molecule has 5 nitrogen and oxygen atoms in total. The van der Waals surface area contributed by atoms with Crippen molar-refractivity contribution in [1.29, 1.82) is 0 Å². The Morgan fingerprint density at radius 3 is 2.78 bits per heavy atom. The maximum atomic E-state index is 5.92. The summed E-state index contributed by atoms with van der Waals surface area (Å²) in [7, 11) is 1.72. The Balaban J connectivity index is 1.65. The Kier molecular flexibility index (Phi) is 5.51. The predicted molar refractivity (Wildman–Crippen MR) is 91.4 cm³/mol. The number of fused-ring (bicyclic) bond motifs is 2. The van der Waals surface area contributed by atoms with Crippen molar-refractivity contribution in [3.05, 3.63) is 35.4 Å². The summed E-state index contributed by atoms with van der Waals surface area (Å²) in [5, 5.41) is 6.90. The highest BCUT2D eigenvalue weighted by Gasteiger charge is 2.41. The van der Waals surface area contributed by atoms with Crippen LogP contribution in [0.5, 0.6) is 0 Å². The number of ether oxygens (including phenoxy) is 2. The maximum absolute atomic E-state index is 5.92. The monoisotopic (exact) mass is 317 g/mol. The van der Waals surface area contributed by atoms with Gasteiger partial charge in [-0.25, -0.2) is 4.99 Å². The van der Waals surface area contributed by atoms with E-state index in [4.69, 9.17) is 14.5 Å². The molecule has 3 unspecified atom stereocenters. The van der Waals surface area contributed by atoms with Crippen molar-refractivity contribution < 1.29 is 9.47 Å². The molecule has 0 spiro atoms. The van der Waals surface area contributed by atoms with Gasteiger partial charge in [0.1, 0.15) is 0 Å². The minimum atomic E-state index is 0.352. The number of nitrogens with one attached hydrogen (secondary N) is 2. The van der Waals surface area contributed by atoms with Gasteiger partial charge < -0.3 is 20.1 Å². The van der Waals surface area contributed by atoms with Crippen molar-refractivity contribution in [1.82, 2.24) is 10.6 Å². The molecular weight excluding hydrogens is 290 g/mol. The molecule has 0 saturated carbocycles. The number of hydrogen-bond acceptors (Lipinski definition) is 3. The summed E-state index contributed by atoms with van der Waals surface area (Å²) in [4.78, 5) is 4.76. The fourth-order valence-corrected chi connectivity index (χ4v) is 3.46. The van der Waals surface area contributed by atoms with Gasteiger partial charge in [-0.15, -0.1) is 0 Å². The third-order valence-corrected chi connectivity index (χ3v) is 4.60. The van der Waals surface area contributed by atoms with Crippen LogP contribution in [0.1, 0.15) is 37.3 Å². The maximum Gasteiger partial charge on any atom is 0.191 e. The molecular formula is C18H27N3O2. The first-order chi connectivity index (χ1) is 11.3. The lowest BCUT2D eigenvalue weighted by molar-refractivity contribution is 0.0992. The molecule has 2 bridgehead atoms. The first-order valence-corrected chi connectivity index (χ1v) is 8.56. The Labute approximate surface area is 138 Å². The van der Waals surface area contributed by atoms with E-state index in [1.807, 2.05) is 12.1 Å². The van der Waals surface area contributed by atoms with E-state index in [0.717, 1.165) is 18.9 Å². The Bertz CT molecular complexity index is 547. The largest absolute Gasteiger partial charge is 0.380 e. The van der Waals surface area contributed by atoms with Crippen molar-refractivity contribution in [2.24, 2.45) is 4.99 Å². The third-order valence-electron chi connectivity index (χ3n) is 4.60. The van der Waals surface area contributed by atoms with E-state index in [9.17, 15) is 0 Å². The van der Waals surface area contributed by atoms with E-state index >= 15 is 0 Å². The van der Waals surface area contributed by atoms with Gasteiger partial charge in [0.05, 0.1) is 31.4 Å². The summed E-state index contributed by atoms with van der Waals surface area (Å²) in [5.41, 5.74) is 2.40. The van der Waals surface area contributed by atoms with Crippen LogP contribution in [0.25, 0.3) is 0 Å². The normalized spacial score (nSPS) is 26.5. The minimum Gasteiger partial charge on any atom is -0.380 e. The number of methoxy groups -OCH3 is 1. The Morgan fingerprint density at radius 2 is 2.13 bits per heavy atom. The first-order valence-electron chi connectivity index (χ1n) is 8.56. The summed E-state index contributed by atoms with van der Waals surface area (Å²) < 4.78 is 11.2. The summed E-state index contributed by atoms with van der Waals surface area (Å²) in [6.07, 6.45) is 4.27. The van der Waals surface area contributed by atoms with E-state index in [1.54, 1.807) is 7.11 Å². The SMILES string of the molecule is CCNC(=NCc1ccccc1COC)NC1CC2CCC1O2. The van der Waals surface area contributed by atoms with Gasteiger partial charge in [0.2, 0.25) is 0 Å². The molecule has 126 valence electrons. The van der Waals surface area contributed by atoms with Crippen molar-refractivity contribution in [2.75, 3.05) is 13.7 Å². The number of rotatable bonds is 6. The predicted octanol–water partition coefficient (Wildman–Crippen LogP) is 2.21. The second-order valence-corrected chi connectivity index (χ2v) is 6.26. The van der Waals surface area contributed by atoms with Crippen molar-refractivity contribution in [3.8, 4) is 0 Å². The Hall–Kier alpha value is -1.59. The Morgan fingerprint density at radius 1 is 1.30 bits per heavy atom. The molecule has 3 atom stereocenters. The zero-order valence-corrected chi connectivity index (χ0v) is 14.0. The van der Waals surface area contributed by atoms with Gasteiger partial charge in [-0.2, -0.15) is 0 Å². The smallest absolute Gasteiger partial charge is 0.191 e. The number of nitrogens with zero attached hydrogens (tertiary/aromatic N) is 1. The van der Waals surface area contributed by atoms with Crippen molar-refractivity contribution in [2.45, 2.75) is 57.6 Å². The molecule has 0 aliphatic carbocycles. The van der Waals surface area contributed by atoms with Gasteiger partial charge in [0.15, 0.2) is 5.96 Å². The minimum absolute atomic E-state index is 0.352.